The van der Waals surface area contributed by atoms with E-state index in [1.54, 1.807) is 0 Å². The zero-order valence-corrected chi connectivity index (χ0v) is 10.1. The normalized spacial score (nSPS) is 15.2. The summed E-state index contributed by atoms with van der Waals surface area (Å²) in [5.74, 6) is -0.380. The molecule has 0 saturated carbocycles. The van der Waals surface area contributed by atoms with E-state index in [1.807, 2.05) is 0 Å². The highest BCUT2D eigenvalue weighted by Gasteiger charge is 2.24. The minimum atomic E-state index is -4.45. The van der Waals surface area contributed by atoms with Gasteiger partial charge < -0.3 is 9.57 Å². The van der Waals surface area contributed by atoms with Crippen molar-refractivity contribution in [3.05, 3.63) is 23.8 Å². The van der Waals surface area contributed by atoms with Gasteiger partial charge in [0.15, 0.2) is 12.3 Å². The van der Waals surface area contributed by atoms with E-state index in [1.165, 1.54) is 19.2 Å². The van der Waals surface area contributed by atoms with Crippen molar-refractivity contribution in [3.8, 4) is 5.75 Å². The third kappa shape index (κ3) is 2.20. The minimum Gasteiger partial charge on any atom is -0.495 e. The standard InChI is InChI=1S/C10H9NO6S/c1-16-8-3-2-6(4-9(8)18(13,14)15)10-7(12)5-17-11-10/h2-4H,5H2,1H3,(H,13,14,15). The highest BCUT2D eigenvalue weighted by molar-refractivity contribution is 7.86. The van der Waals surface area contributed by atoms with Gasteiger partial charge in [0.2, 0.25) is 5.78 Å². The molecule has 96 valence electrons. The molecule has 1 aromatic carbocycles. The summed E-state index contributed by atoms with van der Waals surface area (Å²) in [6.07, 6.45) is 0. The van der Waals surface area contributed by atoms with Crippen LogP contribution in [0, 0.1) is 0 Å². The molecule has 0 bridgehead atoms. The second-order valence-corrected chi connectivity index (χ2v) is 4.87. The first-order valence-corrected chi connectivity index (χ1v) is 6.26. The Morgan fingerprint density at radius 1 is 1.44 bits per heavy atom. The fourth-order valence-corrected chi connectivity index (χ4v) is 2.20. The summed E-state index contributed by atoms with van der Waals surface area (Å²) in [7, 11) is -3.18. The number of Topliss-reactive ketones (excluding diaryl/α,β-unsaturated/α-hetero) is 1. The number of carbonyl (C=O) groups is 1. The molecule has 0 aliphatic carbocycles. The maximum Gasteiger partial charge on any atom is 0.298 e. The Balaban J connectivity index is 2.57. The van der Waals surface area contributed by atoms with Crippen LogP contribution in [0.15, 0.2) is 28.3 Å². The van der Waals surface area contributed by atoms with E-state index in [-0.39, 0.29) is 29.4 Å². The average molecular weight is 271 g/mol. The van der Waals surface area contributed by atoms with Crippen molar-refractivity contribution in [3.63, 3.8) is 0 Å². The van der Waals surface area contributed by atoms with Crippen LogP contribution >= 0.6 is 0 Å². The molecule has 0 aromatic heterocycles. The van der Waals surface area contributed by atoms with Crippen LogP contribution in [0.2, 0.25) is 0 Å². The van der Waals surface area contributed by atoms with Crippen molar-refractivity contribution in [2.24, 2.45) is 5.16 Å². The molecule has 1 aliphatic heterocycles. The molecule has 1 aromatic rings. The molecule has 1 aliphatic rings. The monoisotopic (exact) mass is 271 g/mol. The fraction of sp³-hybridized carbons (Fsp3) is 0.200. The Bertz CT molecular complexity index is 634. The van der Waals surface area contributed by atoms with E-state index in [0.717, 1.165) is 6.07 Å². The smallest absolute Gasteiger partial charge is 0.298 e. The van der Waals surface area contributed by atoms with Gasteiger partial charge in [-0.2, -0.15) is 8.42 Å². The predicted octanol–water partition coefficient (Wildman–Crippen LogP) is 0.245. The molecule has 0 radical (unpaired) electrons. The van der Waals surface area contributed by atoms with Gasteiger partial charge in [-0.3, -0.25) is 9.35 Å². The van der Waals surface area contributed by atoms with Gasteiger partial charge in [0.25, 0.3) is 10.1 Å². The summed E-state index contributed by atoms with van der Waals surface area (Å²) in [6, 6.07) is 3.89. The zero-order chi connectivity index (χ0) is 13.3. The van der Waals surface area contributed by atoms with Crippen molar-refractivity contribution >= 4 is 21.6 Å². The average Bonchev–Trinajstić information content (AvgIpc) is 2.73. The van der Waals surface area contributed by atoms with Crippen LogP contribution in [-0.2, 0) is 19.8 Å². The van der Waals surface area contributed by atoms with Crippen LogP contribution in [0.3, 0.4) is 0 Å². The van der Waals surface area contributed by atoms with E-state index >= 15 is 0 Å². The first kappa shape index (κ1) is 12.5. The molecule has 8 heteroatoms. The minimum absolute atomic E-state index is 0.0163. The van der Waals surface area contributed by atoms with Crippen LogP contribution in [0.4, 0.5) is 0 Å². The molecular formula is C10H9NO6S. The number of carbonyl (C=O) groups excluding carboxylic acids is 1. The van der Waals surface area contributed by atoms with Crippen molar-refractivity contribution in [1.82, 2.24) is 0 Å². The van der Waals surface area contributed by atoms with Gasteiger partial charge in [0, 0.05) is 5.56 Å². The topological polar surface area (TPSA) is 102 Å². The van der Waals surface area contributed by atoms with Crippen LogP contribution in [0.25, 0.3) is 0 Å². The van der Waals surface area contributed by atoms with Gasteiger partial charge in [0.1, 0.15) is 10.6 Å². The van der Waals surface area contributed by atoms with Crippen molar-refractivity contribution in [2.45, 2.75) is 4.90 Å². The molecule has 1 heterocycles. The lowest BCUT2D eigenvalue weighted by molar-refractivity contribution is -0.114. The van der Waals surface area contributed by atoms with Gasteiger partial charge in [-0.1, -0.05) is 5.16 Å². The summed E-state index contributed by atoms with van der Waals surface area (Å²) in [5, 5.41) is 3.52. The quantitative estimate of drug-likeness (QED) is 0.790. The van der Waals surface area contributed by atoms with Crippen LogP contribution in [0.5, 0.6) is 5.75 Å². The second kappa shape index (κ2) is 4.39. The van der Waals surface area contributed by atoms with Gasteiger partial charge >= 0.3 is 0 Å². The Labute approximate surface area is 103 Å². The van der Waals surface area contributed by atoms with E-state index in [0.29, 0.717) is 0 Å². The number of benzene rings is 1. The van der Waals surface area contributed by atoms with Crippen molar-refractivity contribution in [2.75, 3.05) is 13.7 Å². The van der Waals surface area contributed by atoms with Crippen LogP contribution in [0.1, 0.15) is 5.56 Å². The Kier molecular flexibility index (Phi) is 3.05. The number of nitrogens with zero attached hydrogens (tertiary/aromatic N) is 1. The molecule has 0 unspecified atom stereocenters. The molecular weight excluding hydrogens is 262 g/mol. The number of hydrogen-bond donors (Lipinski definition) is 1. The number of methoxy groups -OCH3 is 1. The van der Waals surface area contributed by atoms with Crippen LogP contribution < -0.4 is 4.74 Å². The maximum atomic E-state index is 11.4. The molecule has 0 saturated heterocycles. The number of oxime groups is 1. The molecule has 0 fully saturated rings. The Morgan fingerprint density at radius 3 is 2.67 bits per heavy atom. The molecule has 0 spiro atoms. The van der Waals surface area contributed by atoms with Gasteiger partial charge in [-0.15, -0.1) is 0 Å². The summed E-state index contributed by atoms with van der Waals surface area (Å²) in [5.41, 5.74) is 0.258. The van der Waals surface area contributed by atoms with E-state index in [2.05, 4.69) is 9.99 Å². The largest absolute Gasteiger partial charge is 0.495 e. The van der Waals surface area contributed by atoms with Crippen molar-refractivity contribution < 1.29 is 27.3 Å². The zero-order valence-electron chi connectivity index (χ0n) is 9.28. The molecule has 0 amide bonds. The molecule has 18 heavy (non-hydrogen) atoms. The molecule has 2 rings (SSSR count). The predicted molar refractivity (Wildman–Crippen MR) is 60.3 cm³/mol. The lowest BCUT2D eigenvalue weighted by Crippen LogP contribution is -2.14. The molecule has 7 nitrogen and oxygen atoms in total. The first-order chi connectivity index (χ1) is 8.43. The summed E-state index contributed by atoms with van der Waals surface area (Å²) in [6.45, 7) is -0.178. The van der Waals surface area contributed by atoms with Crippen LogP contribution in [-0.4, -0.2) is 38.2 Å². The van der Waals surface area contributed by atoms with Gasteiger partial charge in [-0.05, 0) is 18.2 Å². The summed E-state index contributed by atoms with van der Waals surface area (Å²) >= 11 is 0. The lowest BCUT2D eigenvalue weighted by atomic mass is 10.1. The highest BCUT2D eigenvalue weighted by Crippen LogP contribution is 2.25. The van der Waals surface area contributed by atoms with E-state index < -0.39 is 15.0 Å². The highest BCUT2D eigenvalue weighted by atomic mass is 32.2. The number of ketones is 1. The SMILES string of the molecule is COc1ccc(C2=NOCC2=O)cc1S(=O)(=O)O. The lowest BCUT2D eigenvalue weighted by Gasteiger charge is -2.07. The Hall–Kier alpha value is -1.93. The molecule has 0 atom stereocenters. The van der Waals surface area contributed by atoms with Gasteiger partial charge in [0.05, 0.1) is 7.11 Å². The van der Waals surface area contributed by atoms with Crippen molar-refractivity contribution in [1.29, 1.82) is 0 Å². The third-order valence-electron chi connectivity index (χ3n) is 2.33. The third-order valence-corrected chi connectivity index (χ3v) is 3.21. The number of ether oxygens (including phenoxy) is 1. The first-order valence-electron chi connectivity index (χ1n) is 4.82. The number of rotatable bonds is 3. The van der Waals surface area contributed by atoms with Gasteiger partial charge in [-0.25, -0.2) is 0 Å². The maximum absolute atomic E-state index is 11.4. The summed E-state index contributed by atoms with van der Waals surface area (Å²) < 4.78 is 36.3. The fourth-order valence-electron chi connectivity index (χ4n) is 1.51. The van der Waals surface area contributed by atoms with E-state index in [9.17, 15) is 13.2 Å². The summed E-state index contributed by atoms with van der Waals surface area (Å²) in [4.78, 5) is 15.6. The van der Waals surface area contributed by atoms with E-state index in [4.69, 9.17) is 9.29 Å². The number of hydrogen-bond acceptors (Lipinski definition) is 6. The Morgan fingerprint density at radius 2 is 2.17 bits per heavy atom. The second-order valence-electron chi connectivity index (χ2n) is 3.48. The molecule has 1 N–H and O–H groups in total.